The summed E-state index contributed by atoms with van der Waals surface area (Å²) in [5.74, 6) is 0.509. The Morgan fingerprint density at radius 2 is 2.08 bits per heavy atom. The topological polar surface area (TPSA) is 70.7 Å². The minimum absolute atomic E-state index is 0.0675. The largest absolute Gasteiger partial charge is 0.481 e. The van der Waals surface area contributed by atoms with E-state index in [-0.39, 0.29) is 17.9 Å². The highest BCUT2D eigenvalue weighted by Crippen LogP contribution is 2.18. The van der Waals surface area contributed by atoms with Crippen molar-refractivity contribution in [3.63, 3.8) is 0 Å². The van der Waals surface area contributed by atoms with Gasteiger partial charge in [0.25, 0.3) is 5.91 Å². The number of hydrogen-bond acceptors (Lipinski definition) is 4. The summed E-state index contributed by atoms with van der Waals surface area (Å²) in [5, 5.41) is 6.50. The quantitative estimate of drug-likeness (QED) is 0.724. The molecule has 7 heteroatoms. The van der Waals surface area contributed by atoms with E-state index in [1.807, 2.05) is 6.92 Å². The second-order valence-electron chi connectivity index (χ2n) is 6.63. The van der Waals surface area contributed by atoms with Gasteiger partial charge in [-0.15, -0.1) is 0 Å². The van der Waals surface area contributed by atoms with E-state index in [4.69, 9.17) is 16.3 Å². The molecule has 1 unspecified atom stereocenters. The van der Waals surface area contributed by atoms with Crippen LogP contribution < -0.4 is 15.4 Å². The van der Waals surface area contributed by atoms with Crippen LogP contribution in [-0.4, -0.2) is 55.0 Å². The molecule has 2 amide bonds. The van der Waals surface area contributed by atoms with E-state index >= 15 is 0 Å². The number of piperidine rings is 1. The van der Waals surface area contributed by atoms with Crippen molar-refractivity contribution in [2.75, 3.05) is 26.2 Å². The Hall–Kier alpha value is -1.79. The Kier molecular flexibility index (Phi) is 8.19. The number of benzene rings is 1. The molecule has 1 aliphatic heterocycles. The first-order valence-electron chi connectivity index (χ1n) is 9.19. The van der Waals surface area contributed by atoms with E-state index in [2.05, 4.69) is 15.5 Å². The highest BCUT2D eigenvalue weighted by Gasteiger charge is 2.24. The van der Waals surface area contributed by atoms with Crippen LogP contribution in [0.2, 0.25) is 5.02 Å². The molecule has 0 radical (unpaired) electrons. The molecule has 2 N–H and O–H groups in total. The first-order valence-corrected chi connectivity index (χ1v) is 9.57. The van der Waals surface area contributed by atoms with Gasteiger partial charge in [0.1, 0.15) is 5.75 Å². The SMILES string of the molecule is CCCNC(=O)CN1CCC(NC(=O)C(C)Oc2cccc(Cl)c2)CC1. The van der Waals surface area contributed by atoms with Gasteiger partial charge in [0.15, 0.2) is 6.10 Å². The van der Waals surface area contributed by atoms with Crippen LogP contribution in [0.4, 0.5) is 0 Å². The van der Waals surface area contributed by atoms with Crippen molar-refractivity contribution in [1.82, 2.24) is 15.5 Å². The fraction of sp³-hybridized carbons (Fsp3) is 0.579. The summed E-state index contributed by atoms with van der Waals surface area (Å²) < 4.78 is 5.65. The van der Waals surface area contributed by atoms with Crippen molar-refractivity contribution in [1.29, 1.82) is 0 Å². The zero-order chi connectivity index (χ0) is 18.9. The van der Waals surface area contributed by atoms with Crippen molar-refractivity contribution in [3.05, 3.63) is 29.3 Å². The van der Waals surface area contributed by atoms with Crippen LogP contribution in [0.25, 0.3) is 0 Å². The maximum Gasteiger partial charge on any atom is 0.260 e. The average molecular weight is 382 g/mol. The molecule has 0 spiro atoms. The number of nitrogens with zero attached hydrogens (tertiary/aromatic N) is 1. The predicted molar refractivity (Wildman–Crippen MR) is 102 cm³/mol. The van der Waals surface area contributed by atoms with Gasteiger partial charge in [0.2, 0.25) is 5.91 Å². The summed E-state index contributed by atoms with van der Waals surface area (Å²) in [7, 11) is 0. The number of hydrogen-bond donors (Lipinski definition) is 2. The third kappa shape index (κ3) is 6.84. The third-order valence-corrected chi connectivity index (χ3v) is 4.59. The van der Waals surface area contributed by atoms with Gasteiger partial charge in [-0.05, 0) is 44.4 Å². The van der Waals surface area contributed by atoms with Gasteiger partial charge < -0.3 is 15.4 Å². The molecule has 0 bridgehead atoms. The highest BCUT2D eigenvalue weighted by molar-refractivity contribution is 6.30. The van der Waals surface area contributed by atoms with Gasteiger partial charge in [-0.25, -0.2) is 0 Å². The van der Waals surface area contributed by atoms with Crippen LogP contribution >= 0.6 is 11.6 Å². The van der Waals surface area contributed by atoms with Crippen molar-refractivity contribution in [3.8, 4) is 5.75 Å². The van der Waals surface area contributed by atoms with Crippen molar-refractivity contribution in [2.24, 2.45) is 0 Å². The first-order chi connectivity index (χ1) is 12.5. The maximum atomic E-state index is 12.3. The molecular weight excluding hydrogens is 354 g/mol. The molecule has 0 aliphatic carbocycles. The molecule has 1 aromatic carbocycles. The van der Waals surface area contributed by atoms with Gasteiger partial charge in [-0.2, -0.15) is 0 Å². The van der Waals surface area contributed by atoms with Crippen molar-refractivity contribution >= 4 is 23.4 Å². The predicted octanol–water partition coefficient (Wildman–Crippen LogP) is 2.21. The lowest BCUT2D eigenvalue weighted by Gasteiger charge is -2.32. The van der Waals surface area contributed by atoms with Gasteiger partial charge >= 0.3 is 0 Å². The second kappa shape index (κ2) is 10.4. The number of amides is 2. The Balaban J connectivity index is 1.71. The lowest BCUT2D eigenvalue weighted by Crippen LogP contribution is -2.49. The summed E-state index contributed by atoms with van der Waals surface area (Å²) in [4.78, 5) is 26.2. The highest BCUT2D eigenvalue weighted by atomic mass is 35.5. The molecule has 1 aliphatic rings. The summed E-state index contributed by atoms with van der Waals surface area (Å²) in [6.45, 7) is 6.50. The standard InChI is InChI=1S/C19H28ClN3O3/c1-3-9-21-18(24)13-23-10-7-16(8-11-23)22-19(25)14(2)26-17-6-4-5-15(20)12-17/h4-6,12,14,16H,3,7-11,13H2,1-2H3,(H,21,24)(H,22,25). The molecule has 6 nitrogen and oxygen atoms in total. The Labute approximate surface area is 160 Å². The Bertz CT molecular complexity index is 603. The molecule has 0 saturated carbocycles. The van der Waals surface area contributed by atoms with Crippen molar-refractivity contribution < 1.29 is 14.3 Å². The Morgan fingerprint density at radius 1 is 1.35 bits per heavy atom. The van der Waals surface area contributed by atoms with Crippen LogP contribution in [-0.2, 0) is 9.59 Å². The van der Waals surface area contributed by atoms with Crippen LogP contribution in [0.15, 0.2) is 24.3 Å². The number of ether oxygens (including phenoxy) is 1. The maximum absolute atomic E-state index is 12.3. The molecule has 144 valence electrons. The number of carbonyl (C=O) groups excluding carboxylic acids is 2. The minimum Gasteiger partial charge on any atom is -0.481 e. The fourth-order valence-corrected chi connectivity index (χ4v) is 3.06. The smallest absolute Gasteiger partial charge is 0.260 e. The minimum atomic E-state index is -0.591. The first kappa shape index (κ1) is 20.5. The number of likely N-dealkylation sites (tertiary alicyclic amines) is 1. The van der Waals surface area contributed by atoms with Gasteiger partial charge in [-0.3, -0.25) is 14.5 Å². The Morgan fingerprint density at radius 3 is 2.73 bits per heavy atom. The molecule has 1 aromatic rings. The number of carbonyl (C=O) groups is 2. The van der Waals surface area contributed by atoms with E-state index in [0.717, 1.165) is 38.9 Å². The van der Waals surface area contributed by atoms with E-state index in [9.17, 15) is 9.59 Å². The van der Waals surface area contributed by atoms with E-state index < -0.39 is 6.10 Å². The van der Waals surface area contributed by atoms with Gasteiger partial charge in [0, 0.05) is 30.7 Å². The lowest BCUT2D eigenvalue weighted by molar-refractivity contribution is -0.128. The lowest BCUT2D eigenvalue weighted by atomic mass is 10.0. The average Bonchev–Trinajstić information content (AvgIpc) is 2.61. The zero-order valence-corrected chi connectivity index (χ0v) is 16.2. The molecule has 1 heterocycles. The fourth-order valence-electron chi connectivity index (χ4n) is 2.88. The molecule has 2 rings (SSSR count). The molecule has 1 fully saturated rings. The summed E-state index contributed by atoms with van der Waals surface area (Å²) in [6, 6.07) is 7.12. The summed E-state index contributed by atoms with van der Waals surface area (Å²) >= 11 is 5.93. The van der Waals surface area contributed by atoms with E-state index in [1.54, 1.807) is 31.2 Å². The van der Waals surface area contributed by atoms with Gasteiger partial charge in [-0.1, -0.05) is 24.6 Å². The normalized spacial score (nSPS) is 16.7. The molecular formula is C19H28ClN3O3. The number of rotatable bonds is 8. The number of nitrogens with one attached hydrogen (secondary N) is 2. The van der Waals surface area contributed by atoms with E-state index in [0.29, 0.717) is 17.3 Å². The third-order valence-electron chi connectivity index (χ3n) is 4.35. The molecule has 0 aromatic heterocycles. The van der Waals surface area contributed by atoms with Crippen LogP contribution in [0.5, 0.6) is 5.75 Å². The van der Waals surface area contributed by atoms with Crippen molar-refractivity contribution in [2.45, 2.75) is 45.3 Å². The van der Waals surface area contributed by atoms with Crippen LogP contribution in [0.3, 0.4) is 0 Å². The monoisotopic (exact) mass is 381 g/mol. The molecule has 1 saturated heterocycles. The van der Waals surface area contributed by atoms with E-state index in [1.165, 1.54) is 0 Å². The van der Waals surface area contributed by atoms with Crippen LogP contribution in [0.1, 0.15) is 33.1 Å². The zero-order valence-electron chi connectivity index (χ0n) is 15.5. The number of halogens is 1. The second-order valence-corrected chi connectivity index (χ2v) is 7.06. The summed E-state index contributed by atoms with van der Waals surface area (Å²) in [6.07, 6.45) is 2.01. The molecule has 1 atom stereocenters. The summed E-state index contributed by atoms with van der Waals surface area (Å²) in [5.41, 5.74) is 0. The van der Waals surface area contributed by atoms with Crippen LogP contribution in [0, 0.1) is 0 Å². The van der Waals surface area contributed by atoms with Gasteiger partial charge in [0.05, 0.1) is 6.54 Å². The molecule has 26 heavy (non-hydrogen) atoms.